The maximum absolute atomic E-state index is 14.8. The molecule has 0 aliphatic carbocycles. The number of nitrogens with zero attached hydrogens (tertiary/aromatic N) is 6. The van der Waals surface area contributed by atoms with Gasteiger partial charge in [0.05, 0.1) is 0 Å². The Kier molecular flexibility index (Phi) is 9.15. The van der Waals surface area contributed by atoms with Crippen molar-refractivity contribution < 1.29 is 13.3 Å². The molecule has 0 N–H and O–H groups in total. The predicted octanol–water partition coefficient (Wildman–Crippen LogP) is 11.7. The van der Waals surface area contributed by atoms with Gasteiger partial charge in [0.2, 0.25) is 0 Å². The zero-order valence-corrected chi connectivity index (χ0v) is 44.1. The van der Waals surface area contributed by atoms with Crippen LogP contribution in [-0.4, -0.2) is 54.2 Å². The molecule has 372 valence electrons. The zero-order chi connectivity index (χ0) is 50.6. The molecule has 0 spiro atoms. The SMILES string of the molecule is CC1(C)CCN2CCC(C)(C)c3c2c1cc1cc(-c2nc(-c4cc5cc6c7c(c5oc4=O)C(C)(C)CCN7CCC6(C)C)nc(-c4cc5cc6c7c(c5oc4=O)C(C)(C)CCN7CCC6(C)C)n2)c(=O)oc31. The normalized spacial score (nSPS) is 21.4. The fraction of sp³-hybridized carbons (Fsp3) is 0.500. The molecule has 0 atom stereocenters. The van der Waals surface area contributed by atoms with Gasteiger partial charge in [-0.2, -0.15) is 0 Å². The lowest BCUT2D eigenvalue weighted by Gasteiger charge is -2.48. The van der Waals surface area contributed by atoms with Crippen LogP contribution in [0.1, 0.15) is 155 Å². The predicted molar refractivity (Wildman–Crippen MR) is 287 cm³/mol. The highest BCUT2D eigenvalue weighted by Crippen LogP contribution is 2.55. The molecular weight excluding hydrogens is 901 g/mol. The fourth-order valence-electron chi connectivity index (χ4n) is 13.7. The number of rotatable bonds is 3. The van der Waals surface area contributed by atoms with E-state index in [2.05, 4.69) is 116 Å². The van der Waals surface area contributed by atoms with Gasteiger partial charge in [0, 0.05) is 89.2 Å². The van der Waals surface area contributed by atoms with E-state index in [0.29, 0.717) is 16.7 Å². The summed E-state index contributed by atoms with van der Waals surface area (Å²) in [5.74, 6) is -0.0610. The molecule has 0 saturated carbocycles. The number of hydrogen-bond acceptors (Lipinski definition) is 12. The molecular formula is C60H66N6O6. The zero-order valence-electron chi connectivity index (χ0n) is 44.1. The van der Waals surface area contributed by atoms with Crippen LogP contribution in [0, 0.1) is 0 Å². The monoisotopic (exact) mass is 967 g/mol. The molecule has 12 heteroatoms. The fourth-order valence-corrected chi connectivity index (χ4v) is 13.7. The van der Waals surface area contributed by atoms with Gasteiger partial charge in [-0.15, -0.1) is 0 Å². The molecule has 72 heavy (non-hydrogen) atoms. The highest BCUT2D eigenvalue weighted by Gasteiger charge is 2.45. The molecule has 10 heterocycles. The quantitative estimate of drug-likeness (QED) is 0.156. The Labute approximate surface area is 419 Å². The van der Waals surface area contributed by atoms with E-state index in [1.807, 2.05) is 18.2 Å². The van der Waals surface area contributed by atoms with Crippen molar-refractivity contribution >= 4 is 50.0 Å². The molecule has 4 aromatic heterocycles. The second kappa shape index (κ2) is 14.5. The van der Waals surface area contributed by atoms with Crippen LogP contribution in [-0.2, 0) is 32.5 Å². The molecule has 6 aliphatic heterocycles. The summed E-state index contributed by atoms with van der Waals surface area (Å²) >= 11 is 0. The van der Waals surface area contributed by atoms with E-state index >= 15 is 0 Å². The van der Waals surface area contributed by atoms with Crippen LogP contribution < -0.4 is 31.6 Å². The van der Waals surface area contributed by atoms with E-state index in [1.165, 1.54) is 33.8 Å². The molecule has 0 bridgehead atoms. The molecule has 6 aliphatic rings. The van der Waals surface area contributed by atoms with E-state index < -0.39 is 16.9 Å². The lowest BCUT2D eigenvalue weighted by molar-refractivity contribution is 0.398. The number of anilines is 3. The molecule has 0 unspecified atom stereocenters. The third-order valence-electron chi connectivity index (χ3n) is 18.6. The first-order chi connectivity index (χ1) is 33.8. The summed E-state index contributed by atoms with van der Waals surface area (Å²) in [5, 5.41) is 2.29. The van der Waals surface area contributed by atoms with Gasteiger partial charge >= 0.3 is 16.9 Å². The molecule has 12 nitrogen and oxygen atoms in total. The van der Waals surface area contributed by atoms with Crippen molar-refractivity contribution in [3.8, 4) is 34.2 Å². The molecule has 3 aromatic carbocycles. The van der Waals surface area contributed by atoms with Crippen LogP contribution >= 0.6 is 0 Å². The summed E-state index contributed by atoms with van der Waals surface area (Å²) in [4.78, 5) is 66.6. The van der Waals surface area contributed by atoms with Crippen LogP contribution in [0.25, 0.3) is 67.1 Å². The van der Waals surface area contributed by atoms with E-state index in [9.17, 15) is 14.4 Å². The van der Waals surface area contributed by atoms with E-state index in [-0.39, 0.29) is 66.7 Å². The van der Waals surface area contributed by atoms with Gasteiger partial charge in [0.15, 0.2) is 17.5 Å². The summed E-state index contributed by atoms with van der Waals surface area (Å²) in [6.45, 7) is 32.7. The Balaban J connectivity index is 1.08. The number of fused-ring (bicyclic) bond motifs is 6. The van der Waals surface area contributed by atoms with Crippen LogP contribution in [0.15, 0.2) is 64.0 Å². The van der Waals surface area contributed by atoms with Crippen molar-refractivity contribution in [2.75, 3.05) is 54.0 Å². The molecule has 0 amide bonds. The minimum absolute atomic E-state index is 0.0203. The summed E-state index contributed by atoms with van der Waals surface area (Å²) in [7, 11) is 0. The average Bonchev–Trinajstić information content (AvgIpc) is 3.30. The molecule has 7 aromatic rings. The Bertz CT molecular complexity index is 3370. The lowest BCUT2D eigenvalue weighted by atomic mass is 9.69. The lowest BCUT2D eigenvalue weighted by Crippen LogP contribution is -2.44. The summed E-state index contributed by atoms with van der Waals surface area (Å²) in [6, 6.07) is 12.0. The first kappa shape index (κ1) is 45.6. The summed E-state index contributed by atoms with van der Waals surface area (Å²) < 4.78 is 19.5. The van der Waals surface area contributed by atoms with E-state index in [1.54, 1.807) is 0 Å². The summed E-state index contributed by atoms with van der Waals surface area (Å²) in [5.41, 5.74) is 9.25. The average molecular weight is 967 g/mol. The van der Waals surface area contributed by atoms with Crippen molar-refractivity contribution in [1.29, 1.82) is 0 Å². The largest absolute Gasteiger partial charge is 0.422 e. The minimum Gasteiger partial charge on any atom is -0.422 e. The van der Waals surface area contributed by atoms with Gasteiger partial charge in [0.25, 0.3) is 0 Å². The number of aromatic nitrogens is 3. The molecule has 0 saturated heterocycles. The highest BCUT2D eigenvalue weighted by atomic mass is 16.4. The minimum atomic E-state index is -0.625. The second-order valence-corrected chi connectivity index (χ2v) is 26.1. The van der Waals surface area contributed by atoms with E-state index in [0.717, 1.165) is 111 Å². The Morgan fingerprint density at radius 2 is 0.597 bits per heavy atom. The standard InChI is InChI=1S/C60H66N6O6/c1-55(2)13-19-64-22-16-58(7,8)40-43(64)37(55)28-31-25-34(52(67)70-46(31)40)49-61-50(35-26-32-29-38-44-41(47(32)71-53(35)68)59(9,10)17-23-65(44)20-14-56(38,3)4)63-51(62-49)36-27-33-30-39-45-42(48(33)72-54(36)69)60(11,12)18-24-66(45)21-15-57(39,5)6/h25-30H,13-24H2,1-12H3. The first-order valence-corrected chi connectivity index (χ1v) is 26.3. The topological polar surface area (TPSA) is 139 Å². The molecule has 0 fully saturated rings. The maximum atomic E-state index is 14.8. The van der Waals surface area contributed by atoms with Gasteiger partial charge in [-0.3, -0.25) is 0 Å². The van der Waals surface area contributed by atoms with Crippen molar-refractivity contribution in [2.24, 2.45) is 0 Å². The van der Waals surface area contributed by atoms with Crippen molar-refractivity contribution in [3.05, 3.63) is 101 Å². The van der Waals surface area contributed by atoms with Crippen molar-refractivity contribution in [2.45, 2.75) is 154 Å². The maximum Gasteiger partial charge on any atom is 0.347 e. The van der Waals surface area contributed by atoms with Gasteiger partial charge in [-0.05, 0) is 124 Å². The third-order valence-corrected chi connectivity index (χ3v) is 18.6. The highest BCUT2D eigenvalue weighted by molar-refractivity contribution is 5.95. The second-order valence-electron chi connectivity index (χ2n) is 26.1. The smallest absolute Gasteiger partial charge is 0.347 e. The first-order valence-electron chi connectivity index (χ1n) is 26.3. The van der Waals surface area contributed by atoms with E-state index in [4.69, 9.17) is 28.2 Å². The summed E-state index contributed by atoms with van der Waals surface area (Å²) in [6.07, 6.45) is 5.74. The van der Waals surface area contributed by atoms with Crippen LogP contribution in [0.4, 0.5) is 17.1 Å². The molecule has 0 radical (unpaired) electrons. The van der Waals surface area contributed by atoms with Crippen LogP contribution in [0.5, 0.6) is 0 Å². The van der Waals surface area contributed by atoms with Gasteiger partial charge in [-0.25, -0.2) is 29.3 Å². The van der Waals surface area contributed by atoms with Crippen LogP contribution in [0.3, 0.4) is 0 Å². The Morgan fingerprint density at radius 1 is 0.361 bits per heavy atom. The molecule has 13 rings (SSSR count). The van der Waals surface area contributed by atoms with Gasteiger partial charge < -0.3 is 28.0 Å². The number of hydrogen-bond donors (Lipinski definition) is 0. The van der Waals surface area contributed by atoms with Gasteiger partial charge in [-0.1, -0.05) is 83.1 Å². The third kappa shape index (κ3) is 6.41. The number of benzene rings is 3. The van der Waals surface area contributed by atoms with Gasteiger partial charge in [0.1, 0.15) is 33.4 Å². The van der Waals surface area contributed by atoms with Crippen molar-refractivity contribution in [1.82, 2.24) is 15.0 Å². The Morgan fingerprint density at radius 3 is 0.847 bits per heavy atom. The van der Waals surface area contributed by atoms with Crippen molar-refractivity contribution in [3.63, 3.8) is 0 Å². The van der Waals surface area contributed by atoms with Crippen LogP contribution in [0.2, 0.25) is 0 Å². The Hall–Kier alpha value is -6.30.